The molecular formula is C25H21N5O4. The summed E-state index contributed by atoms with van der Waals surface area (Å²) in [4.78, 5) is 22.3. The van der Waals surface area contributed by atoms with Gasteiger partial charge in [-0.05, 0) is 37.3 Å². The quantitative estimate of drug-likeness (QED) is 0.242. The Bertz CT molecular complexity index is 1330. The van der Waals surface area contributed by atoms with Crippen molar-refractivity contribution in [1.29, 1.82) is 0 Å². The van der Waals surface area contributed by atoms with E-state index in [4.69, 9.17) is 9.84 Å². The van der Waals surface area contributed by atoms with Crippen LogP contribution in [-0.4, -0.2) is 33.4 Å². The van der Waals surface area contributed by atoms with Gasteiger partial charge in [-0.3, -0.25) is 14.9 Å². The SMILES string of the molecule is Cc1cccc(-c2nn(-c3ccccc3)cc2/C=N\NC(=O)COc2ccc([N+](=O)[O-])cc2)c1. The van der Waals surface area contributed by atoms with Crippen LogP contribution < -0.4 is 10.2 Å². The van der Waals surface area contributed by atoms with Crippen LogP contribution in [0.5, 0.6) is 5.75 Å². The Hall–Kier alpha value is -4.79. The molecule has 1 amide bonds. The summed E-state index contributed by atoms with van der Waals surface area (Å²) >= 11 is 0. The van der Waals surface area contributed by atoms with Crippen LogP contribution >= 0.6 is 0 Å². The number of rotatable bonds is 8. The summed E-state index contributed by atoms with van der Waals surface area (Å²) in [7, 11) is 0. The van der Waals surface area contributed by atoms with Gasteiger partial charge in [0, 0.05) is 29.5 Å². The van der Waals surface area contributed by atoms with E-state index < -0.39 is 10.8 Å². The van der Waals surface area contributed by atoms with Crippen LogP contribution in [0.3, 0.4) is 0 Å². The molecule has 0 fully saturated rings. The molecule has 9 heteroatoms. The summed E-state index contributed by atoms with van der Waals surface area (Å²) in [5.74, 6) is -0.127. The number of aromatic nitrogens is 2. The molecule has 0 aliphatic rings. The molecule has 0 bridgehead atoms. The van der Waals surface area contributed by atoms with Crippen molar-refractivity contribution in [2.24, 2.45) is 5.10 Å². The van der Waals surface area contributed by atoms with Gasteiger partial charge in [0.15, 0.2) is 6.61 Å². The molecule has 170 valence electrons. The van der Waals surface area contributed by atoms with Crippen LogP contribution in [0.15, 0.2) is 90.2 Å². The second-order valence-electron chi connectivity index (χ2n) is 7.42. The van der Waals surface area contributed by atoms with Crippen molar-refractivity contribution < 1.29 is 14.5 Å². The second-order valence-corrected chi connectivity index (χ2v) is 7.42. The zero-order chi connectivity index (χ0) is 23.9. The van der Waals surface area contributed by atoms with Crippen LogP contribution in [0.25, 0.3) is 16.9 Å². The Kier molecular flexibility index (Phi) is 6.73. The number of hydrogen-bond acceptors (Lipinski definition) is 6. The average molecular weight is 455 g/mol. The van der Waals surface area contributed by atoms with E-state index in [0.29, 0.717) is 5.75 Å². The number of amides is 1. The van der Waals surface area contributed by atoms with Crippen molar-refractivity contribution in [3.05, 3.63) is 106 Å². The van der Waals surface area contributed by atoms with E-state index in [1.807, 2.05) is 67.7 Å². The minimum atomic E-state index is -0.504. The van der Waals surface area contributed by atoms with Gasteiger partial charge in [0.05, 0.1) is 16.8 Å². The van der Waals surface area contributed by atoms with Gasteiger partial charge in [-0.1, -0.05) is 42.0 Å². The van der Waals surface area contributed by atoms with Crippen molar-refractivity contribution in [1.82, 2.24) is 15.2 Å². The molecule has 34 heavy (non-hydrogen) atoms. The number of nitrogens with one attached hydrogen (secondary N) is 1. The van der Waals surface area contributed by atoms with Crippen molar-refractivity contribution in [2.75, 3.05) is 6.61 Å². The van der Waals surface area contributed by atoms with Gasteiger partial charge in [0.1, 0.15) is 11.4 Å². The monoisotopic (exact) mass is 455 g/mol. The van der Waals surface area contributed by atoms with Crippen molar-refractivity contribution >= 4 is 17.8 Å². The molecule has 3 aromatic carbocycles. The molecule has 4 rings (SSSR count). The lowest BCUT2D eigenvalue weighted by molar-refractivity contribution is -0.384. The highest BCUT2D eigenvalue weighted by atomic mass is 16.6. The molecule has 1 heterocycles. The van der Waals surface area contributed by atoms with E-state index in [-0.39, 0.29) is 12.3 Å². The first kappa shape index (κ1) is 22.4. The third kappa shape index (κ3) is 5.52. The third-order valence-corrected chi connectivity index (χ3v) is 4.87. The highest BCUT2D eigenvalue weighted by Gasteiger charge is 2.12. The maximum absolute atomic E-state index is 12.1. The molecule has 0 atom stereocenters. The maximum Gasteiger partial charge on any atom is 0.277 e. The van der Waals surface area contributed by atoms with E-state index >= 15 is 0 Å². The molecule has 9 nitrogen and oxygen atoms in total. The minimum Gasteiger partial charge on any atom is -0.484 e. The molecule has 0 aliphatic heterocycles. The first-order valence-electron chi connectivity index (χ1n) is 10.4. The summed E-state index contributed by atoms with van der Waals surface area (Å²) in [6.07, 6.45) is 3.38. The summed E-state index contributed by atoms with van der Waals surface area (Å²) in [5, 5.41) is 19.5. The van der Waals surface area contributed by atoms with Gasteiger partial charge in [0.2, 0.25) is 0 Å². The number of hydrazone groups is 1. The Morgan fingerprint density at radius 1 is 1.12 bits per heavy atom. The summed E-state index contributed by atoms with van der Waals surface area (Å²) in [6.45, 7) is 1.72. The predicted molar refractivity (Wildman–Crippen MR) is 128 cm³/mol. The topological polar surface area (TPSA) is 112 Å². The first-order valence-corrected chi connectivity index (χ1v) is 10.4. The Morgan fingerprint density at radius 3 is 2.59 bits per heavy atom. The zero-order valence-corrected chi connectivity index (χ0v) is 18.3. The summed E-state index contributed by atoms with van der Waals surface area (Å²) in [6, 6.07) is 23.2. The van der Waals surface area contributed by atoms with E-state index in [0.717, 1.165) is 28.1 Å². The summed E-state index contributed by atoms with van der Waals surface area (Å²) in [5.41, 5.74) is 6.77. The molecule has 0 saturated carbocycles. The van der Waals surface area contributed by atoms with Gasteiger partial charge in [-0.2, -0.15) is 10.2 Å². The number of non-ortho nitro benzene ring substituents is 1. The number of carbonyl (C=O) groups is 1. The smallest absolute Gasteiger partial charge is 0.277 e. The van der Waals surface area contributed by atoms with Gasteiger partial charge in [0.25, 0.3) is 11.6 Å². The first-order chi connectivity index (χ1) is 16.5. The number of nitro groups is 1. The molecule has 0 spiro atoms. The van der Waals surface area contributed by atoms with Crippen LogP contribution in [0, 0.1) is 17.0 Å². The second kappa shape index (κ2) is 10.2. The Balaban J connectivity index is 1.46. The van der Waals surface area contributed by atoms with Gasteiger partial charge >= 0.3 is 0 Å². The van der Waals surface area contributed by atoms with Crippen molar-refractivity contribution in [3.63, 3.8) is 0 Å². The number of benzene rings is 3. The number of nitro benzene ring substituents is 1. The molecule has 0 radical (unpaired) electrons. The standard InChI is InChI=1S/C25H21N5O4/c1-18-6-5-7-19(14-18)25-20(16-29(28-25)21-8-3-2-4-9-21)15-26-27-24(31)17-34-23-12-10-22(11-13-23)30(32)33/h2-16H,17H2,1H3,(H,27,31)/b26-15-. The lowest BCUT2D eigenvalue weighted by Gasteiger charge is -2.04. The van der Waals surface area contributed by atoms with Crippen LogP contribution in [0.4, 0.5) is 5.69 Å². The molecule has 4 aromatic rings. The lowest BCUT2D eigenvalue weighted by atomic mass is 10.1. The fourth-order valence-corrected chi connectivity index (χ4v) is 3.23. The number of ether oxygens (including phenoxy) is 1. The molecule has 1 aromatic heterocycles. The summed E-state index contributed by atoms with van der Waals surface area (Å²) < 4.78 is 7.11. The largest absolute Gasteiger partial charge is 0.484 e. The number of hydrogen-bond donors (Lipinski definition) is 1. The van der Waals surface area contributed by atoms with Crippen LogP contribution in [0.2, 0.25) is 0 Å². The highest BCUT2D eigenvalue weighted by Crippen LogP contribution is 2.23. The fraction of sp³-hybridized carbons (Fsp3) is 0.0800. The highest BCUT2D eigenvalue weighted by molar-refractivity contribution is 5.89. The van der Waals surface area contributed by atoms with E-state index in [9.17, 15) is 14.9 Å². The average Bonchev–Trinajstić information content (AvgIpc) is 3.28. The number of nitrogens with zero attached hydrogens (tertiary/aromatic N) is 4. The third-order valence-electron chi connectivity index (χ3n) is 4.87. The van der Waals surface area contributed by atoms with E-state index in [2.05, 4.69) is 10.5 Å². The number of carbonyl (C=O) groups excluding carboxylic acids is 1. The van der Waals surface area contributed by atoms with Gasteiger partial charge in [-0.15, -0.1) is 0 Å². The minimum absolute atomic E-state index is 0.0538. The molecule has 0 unspecified atom stereocenters. The Labute approximate surface area is 195 Å². The predicted octanol–water partition coefficient (Wildman–Crippen LogP) is 4.29. The maximum atomic E-state index is 12.1. The fourth-order valence-electron chi connectivity index (χ4n) is 3.23. The van der Waals surface area contributed by atoms with Crippen LogP contribution in [-0.2, 0) is 4.79 Å². The molecule has 1 N–H and O–H groups in total. The Morgan fingerprint density at radius 2 is 1.88 bits per heavy atom. The van der Waals surface area contributed by atoms with Gasteiger partial charge < -0.3 is 4.74 Å². The van der Waals surface area contributed by atoms with Crippen molar-refractivity contribution in [3.8, 4) is 22.7 Å². The zero-order valence-electron chi connectivity index (χ0n) is 18.3. The number of para-hydroxylation sites is 1. The van der Waals surface area contributed by atoms with Crippen LogP contribution in [0.1, 0.15) is 11.1 Å². The molecular weight excluding hydrogens is 434 g/mol. The lowest BCUT2D eigenvalue weighted by Crippen LogP contribution is -2.24. The normalized spacial score (nSPS) is 10.9. The van der Waals surface area contributed by atoms with E-state index in [1.165, 1.54) is 30.5 Å². The number of aryl methyl sites for hydroxylation is 1. The molecule has 0 aliphatic carbocycles. The van der Waals surface area contributed by atoms with Crippen molar-refractivity contribution in [2.45, 2.75) is 6.92 Å². The van der Waals surface area contributed by atoms with E-state index in [1.54, 1.807) is 4.68 Å². The molecule has 0 saturated heterocycles. The van der Waals surface area contributed by atoms with Gasteiger partial charge in [-0.25, -0.2) is 10.1 Å².